The molecule has 24 heavy (non-hydrogen) atoms. The van der Waals surface area contributed by atoms with E-state index in [1.165, 1.54) is 5.56 Å². The van der Waals surface area contributed by atoms with E-state index in [-0.39, 0.29) is 12.0 Å². The lowest BCUT2D eigenvalue weighted by atomic mass is 9.76. The molecule has 0 bridgehead atoms. The van der Waals surface area contributed by atoms with Crippen molar-refractivity contribution in [2.24, 2.45) is 5.92 Å². The Morgan fingerprint density at radius 3 is 2.71 bits per heavy atom. The Bertz CT molecular complexity index is 810. The van der Waals surface area contributed by atoms with Crippen molar-refractivity contribution in [3.8, 4) is 5.75 Å². The molecule has 2 N–H and O–H groups in total. The maximum atomic E-state index is 11.3. The molecule has 0 spiro atoms. The van der Waals surface area contributed by atoms with E-state index in [1.54, 1.807) is 13.2 Å². The second kappa shape index (κ2) is 5.71. The second-order valence-corrected chi connectivity index (χ2v) is 6.36. The molecule has 0 radical (unpaired) electrons. The number of fused-ring (bicyclic) bond motifs is 3. The van der Waals surface area contributed by atoms with Crippen molar-refractivity contribution in [1.82, 2.24) is 0 Å². The molecule has 2 aromatic rings. The fourth-order valence-corrected chi connectivity index (χ4v) is 3.87. The lowest BCUT2D eigenvalue weighted by Gasteiger charge is -2.37. The van der Waals surface area contributed by atoms with E-state index in [0.29, 0.717) is 11.5 Å². The standard InChI is InChI=1S/C20H19NO3/c1-24-14-8-5-12(6-9-14)19-16-4-2-3-15(16)17-11-13(20(22)23)7-10-18(17)21-19/h2-3,5-11,15-16,19,21H,4H2,1H3,(H,22,23). The van der Waals surface area contributed by atoms with E-state index in [9.17, 15) is 9.90 Å². The van der Waals surface area contributed by atoms with Gasteiger partial charge in [-0.25, -0.2) is 4.79 Å². The summed E-state index contributed by atoms with van der Waals surface area (Å²) in [6.07, 6.45) is 5.41. The maximum Gasteiger partial charge on any atom is 0.335 e. The molecule has 0 saturated carbocycles. The zero-order chi connectivity index (χ0) is 16.7. The van der Waals surface area contributed by atoms with Gasteiger partial charge < -0.3 is 15.2 Å². The van der Waals surface area contributed by atoms with Crippen molar-refractivity contribution >= 4 is 11.7 Å². The Morgan fingerprint density at radius 2 is 2.00 bits per heavy atom. The summed E-state index contributed by atoms with van der Waals surface area (Å²) in [5.41, 5.74) is 3.67. The topological polar surface area (TPSA) is 58.6 Å². The molecule has 0 saturated heterocycles. The van der Waals surface area contributed by atoms with Gasteiger partial charge >= 0.3 is 5.97 Å². The number of carbonyl (C=O) groups is 1. The Kier molecular flexibility index (Phi) is 3.53. The van der Waals surface area contributed by atoms with Crippen molar-refractivity contribution < 1.29 is 14.6 Å². The molecule has 1 heterocycles. The van der Waals surface area contributed by atoms with Crippen LogP contribution in [0, 0.1) is 5.92 Å². The molecule has 1 aliphatic carbocycles. The minimum atomic E-state index is -0.881. The highest BCUT2D eigenvalue weighted by atomic mass is 16.5. The summed E-state index contributed by atoms with van der Waals surface area (Å²) < 4.78 is 5.25. The van der Waals surface area contributed by atoms with Gasteiger partial charge in [0.05, 0.1) is 18.7 Å². The Morgan fingerprint density at radius 1 is 1.21 bits per heavy atom. The van der Waals surface area contributed by atoms with Crippen LogP contribution in [-0.4, -0.2) is 18.2 Å². The van der Waals surface area contributed by atoms with Gasteiger partial charge in [0, 0.05) is 11.6 Å². The predicted octanol–water partition coefficient (Wildman–Crippen LogP) is 4.22. The van der Waals surface area contributed by atoms with Crippen LogP contribution in [0.2, 0.25) is 0 Å². The Labute approximate surface area is 140 Å². The fraction of sp³-hybridized carbons (Fsp3) is 0.250. The predicted molar refractivity (Wildman–Crippen MR) is 92.7 cm³/mol. The molecule has 4 nitrogen and oxygen atoms in total. The number of hydrogen-bond acceptors (Lipinski definition) is 3. The van der Waals surface area contributed by atoms with Gasteiger partial charge in [0.15, 0.2) is 0 Å². The smallest absolute Gasteiger partial charge is 0.335 e. The number of ether oxygens (including phenoxy) is 1. The number of anilines is 1. The van der Waals surface area contributed by atoms with Crippen LogP contribution in [0.3, 0.4) is 0 Å². The summed E-state index contributed by atoms with van der Waals surface area (Å²) in [5.74, 6) is 0.623. The zero-order valence-electron chi connectivity index (χ0n) is 13.4. The minimum Gasteiger partial charge on any atom is -0.497 e. The Balaban J connectivity index is 1.73. The van der Waals surface area contributed by atoms with Gasteiger partial charge in [0.2, 0.25) is 0 Å². The monoisotopic (exact) mass is 321 g/mol. The molecule has 3 unspecified atom stereocenters. The van der Waals surface area contributed by atoms with Crippen molar-refractivity contribution in [2.45, 2.75) is 18.4 Å². The summed E-state index contributed by atoms with van der Waals surface area (Å²) >= 11 is 0. The van der Waals surface area contributed by atoms with Crippen LogP contribution in [0.25, 0.3) is 0 Å². The molecule has 2 aliphatic rings. The van der Waals surface area contributed by atoms with Gasteiger partial charge in [0.1, 0.15) is 5.75 Å². The number of carboxylic acids is 1. The quantitative estimate of drug-likeness (QED) is 0.831. The average molecular weight is 321 g/mol. The van der Waals surface area contributed by atoms with Crippen molar-refractivity contribution in [3.63, 3.8) is 0 Å². The van der Waals surface area contributed by atoms with Crippen LogP contribution < -0.4 is 10.1 Å². The normalized spacial score (nSPS) is 24.0. The number of benzene rings is 2. The fourth-order valence-electron chi connectivity index (χ4n) is 3.87. The van der Waals surface area contributed by atoms with Crippen molar-refractivity contribution in [2.75, 3.05) is 12.4 Å². The summed E-state index contributed by atoms with van der Waals surface area (Å²) in [6.45, 7) is 0. The summed E-state index contributed by atoms with van der Waals surface area (Å²) in [5, 5.41) is 12.9. The largest absolute Gasteiger partial charge is 0.497 e. The van der Waals surface area contributed by atoms with Crippen LogP contribution >= 0.6 is 0 Å². The minimum absolute atomic E-state index is 0.207. The number of hydrogen-bond donors (Lipinski definition) is 2. The first-order valence-corrected chi connectivity index (χ1v) is 8.12. The highest BCUT2D eigenvalue weighted by molar-refractivity contribution is 5.89. The van der Waals surface area contributed by atoms with Crippen molar-refractivity contribution in [1.29, 1.82) is 0 Å². The molecule has 0 amide bonds. The maximum absolute atomic E-state index is 11.3. The van der Waals surface area contributed by atoms with Gasteiger partial charge in [0.25, 0.3) is 0 Å². The summed E-state index contributed by atoms with van der Waals surface area (Å²) in [6, 6.07) is 13.7. The molecule has 122 valence electrons. The molecule has 4 heteroatoms. The molecule has 4 rings (SSSR count). The first-order chi connectivity index (χ1) is 11.7. The lowest BCUT2D eigenvalue weighted by molar-refractivity contribution is 0.0696. The third-order valence-electron chi connectivity index (χ3n) is 5.08. The lowest BCUT2D eigenvalue weighted by Crippen LogP contribution is -2.29. The van der Waals surface area contributed by atoms with E-state index < -0.39 is 5.97 Å². The molecular weight excluding hydrogens is 302 g/mol. The second-order valence-electron chi connectivity index (χ2n) is 6.36. The van der Waals surface area contributed by atoms with E-state index in [4.69, 9.17) is 4.74 Å². The van der Waals surface area contributed by atoms with Crippen LogP contribution in [0.4, 0.5) is 5.69 Å². The van der Waals surface area contributed by atoms with Crippen LogP contribution in [0.1, 0.15) is 39.9 Å². The van der Waals surface area contributed by atoms with Gasteiger partial charge in [-0.3, -0.25) is 0 Å². The van der Waals surface area contributed by atoms with Crippen LogP contribution in [-0.2, 0) is 0 Å². The number of aromatic carboxylic acids is 1. The SMILES string of the molecule is COc1ccc(C2Nc3ccc(C(=O)O)cc3C3C=CCC32)cc1. The van der Waals surface area contributed by atoms with Crippen LogP contribution in [0.15, 0.2) is 54.6 Å². The highest BCUT2D eigenvalue weighted by Crippen LogP contribution is 2.50. The molecule has 0 fully saturated rings. The molecule has 1 aliphatic heterocycles. The first kappa shape index (κ1) is 14.8. The number of methoxy groups -OCH3 is 1. The van der Waals surface area contributed by atoms with Gasteiger partial charge in [-0.05, 0) is 53.8 Å². The number of nitrogens with one attached hydrogen (secondary N) is 1. The van der Waals surface area contributed by atoms with Crippen molar-refractivity contribution in [3.05, 3.63) is 71.3 Å². The van der Waals surface area contributed by atoms with Crippen LogP contribution in [0.5, 0.6) is 5.75 Å². The Hall–Kier alpha value is -2.75. The van der Waals surface area contributed by atoms with E-state index in [0.717, 1.165) is 23.4 Å². The molecule has 3 atom stereocenters. The first-order valence-electron chi connectivity index (χ1n) is 8.12. The van der Waals surface area contributed by atoms with E-state index in [1.807, 2.05) is 24.3 Å². The number of rotatable bonds is 3. The third-order valence-corrected chi connectivity index (χ3v) is 5.08. The summed E-state index contributed by atoms with van der Waals surface area (Å²) in [7, 11) is 1.67. The third kappa shape index (κ3) is 2.35. The zero-order valence-corrected chi connectivity index (χ0v) is 13.4. The number of allylic oxidation sites excluding steroid dienone is 2. The molecular formula is C20H19NO3. The summed E-state index contributed by atoms with van der Waals surface area (Å²) in [4.78, 5) is 11.3. The van der Waals surface area contributed by atoms with Gasteiger partial charge in [-0.2, -0.15) is 0 Å². The molecule has 2 aromatic carbocycles. The number of carboxylic acid groups (broad SMARTS) is 1. The van der Waals surface area contributed by atoms with E-state index in [2.05, 4.69) is 29.6 Å². The highest BCUT2D eigenvalue weighted by Gasteiger charge is 2.38. The molecule has 0 aromatic heterocycles. The van der Waals surface area contributed by atoms with Gasteiger partial charge in [-0.15, -0.1) is 0 Å². The van der Waals surface area contributed by atoms with E-state index >= 15 is 0 Å². The van der Waals surface area contributed by atoms with Gasteiger partial charge in [-0.1, -0.05) is 24.3 Å². The average Bonchev–Trinajstić information content (AvgIpc) is 3.10.